The van der Waals surface area contributed by atoms with Gasteiger partial charge in [-0.25, -0.2) is 0 Å². The van der Waals surface area contributed by atoms with Gasteiger partial charge in [0.2, 0.25) is 0 Å². The van der Waals surface area contributed by atoms with E-state index < -0.39 is 12.0 Å². The first-order valence-electron chi connectivity index (χ1n) is 5.21. The average molecular weight is 239 g/mol. The third-order valence-corrected chi connectivity index (χ3v) is 3.15. The number of benzene rings is 1. The summed E-state index contributed by atoms with van der Waals surface area (Å²) in [6.07, 6.45) is 0.511. The molecule has 0 radical (unpaired) electrons. The Morgan fingerprint density at radius 1 is 1.38 bits per heavy atom. The summed E-state index contributed by atoms with van der Waals surface area (Å²) < 4.78 is 0. The third kappa shape index (κ3) is 3.03. The van der Waals surface area contributed by atoms with Crippen LogP contribution in [-0.4, -0.2) is 17.1 Å². The predicted molar refractivity (Wildman–Crippen MR) is 68.6 cm³/mol. The molecule has 0 aliphatic heterocycles. The summed E-state index contributed by atoms with van der Waals surface area (Å²) in [5.74, 6) is -0.825. The lowest BCUT2D eigenvalue weighted by molar-refractivity contribution is -0.138. The molecule has 0 heterocycles. The van der Waals surface area contributed by atoms with E-state index in [9.17, 15) is 4.79 Å². The lowest BCUT2D eigenvalue weighted by atomic mass is 9.95. The molecule has 2 N–H and O–H groups in total. The summed E-state index contributed by atoms with van der Waals surface area (Å²) in [5, 5.41) is 11.7. The minimum Gasteiger partial charge on any atom is -0.480 e. The van der Waals surface area contributed by atoms with Crippen molar-refractivity contribution in [1.29, 1.82) is 0 Å². The van der Waals surface area contributed by atoms with Crippen LogP contribution in [0.2, 0.25) is 0 Å². The van der Waals surface area contributed by atoms with Gasteiger partial charge in [-0.05, 0) is 43.9 Å². The number of carboxylic acid groups (broad SMARTS) is 1. The molecule has 0 aliphatic carbocycles. The number of carbonyl (C=O) groups is 1. The molecular formula is C12H18NO2P. The van der Waals surface area contributed by atoms with Crippen molar-refractivity contribution in [3.8, 4) is 0 Å². The molecule has 1 aromatic carbocycles. The molecule has 1 unspecified atom stereocenters. The Morgan fingerprint density at radius 2 is 1.88 bits per heavy atom. The minimum atomic E-state index is -0.825. The highest BCUT2D eigenvalue weighted by Gasteiger charge is 2.17. The van der Waals surface area contributed by atoms with Gasteiger partial charge >= 0.3 is 5.97 Å². The summed E-state index contributed by atoms with van der Waals surface area (Å²) in [6, 6.07) is 3.62. The van der Waals surface area contributed by atoms with Gasteiger partial charge in [-0.2, -0.15) is 0 Å². The Bertz CT molecular complexity index is 381. The second kappa shape index (κ2) is 5.42. The lowest BCUT2D eigenvalue weighted by Crippen LogP contribution is -2.32. The first-order chi connectivity index (χ1) is 7.45. The van der Waals surface area contributed by atoms with Crippen LogP contribution in [0.15, 0.2) is 12.1 Å². The maximum atomic E-state index is 10.9. The number of aliphatic carboxylic acids is 1. The van der Waals surface area contributed by atoms with Crippen molar-refractivity contribution in [1.82, 2.24) is 5.09 Å². The molecule has 0 fully saturated rings. The molecule has 1 rings (SSSR count). The van der Waals surface area contributed by atoms with Crippen molar-refractivity contribution in [2.24, 2.45) is 0 Å². The fraction of sp³-hybridized carbons (Fsp3) is 0.417. The minimum absolute atomic E-state index is 0.511. The first-order valence-corrected chi connectivity index (χ1v) is 5.79. The zero-order valence-corrected chi connectivity index (χ0v) is 11.0. The fourth-order valence-corrected chi connectivity index (χ4v) is 2.21. The molecule has 4 heteroatoms. The van der Waals surface area contributed by atoms with E-state index in [1.807, 2.05) is 20.8 Å². The van der Waals surface area contributed by atoms with Gasteiger partial charge in [0.25, 0.3) is 0 Å². The molecule has 0 aromatic heterocycles. The van der Waals surface area contributed by atoms with Gasteiger partial charge in [-0.1, -0.05) is 27.1 Å². The molecule has 0 aliphatic rings. The molecule has 0 saturated heterocycles. The second-order valence-corrected chi connectivity index (χ2v) is 4.47. The van der Waals surface area contributed by atoms with Crippen molar-refractivity contribution in [2.45, 2.75) is 33.2 Å². The highest BCUT2D eigenvalue weighted by Crippen LogP contribution is 2.18. The van der Waals surface area contributed by atoms with Crippen LogP contribution in [0.25, 0.3) is 0 Å². The second-order valence-electron chi connectivity index (χ2n) is 4.14. The Kier molecular flexibility index (Phi) is 4.45. The van der Waals surface area contributed by atoms with Crippen LogP contribution in [-0.2, 0) is 11.2 Å². The molecule has 1 aromatic rings. The molecule has 0 bridgehead atoms. The zero-order chi connectivity index (χ0) is 12.3. The number of hydrogen-bond acceptors (Lipinski definition) is 2. The van der Waals surface area contributed by atoms with Crippen LogP contribution in [0.4, 0.5) is 0 Å². The summed E-state index contributed by atoms with van der Waals surface area (Å²) in [7, 11) is 2.27. The van der Waals surface area contributed by atoms with Crippen LogP contribution >= 0.6 is 9.39 Å². The topological polar surface area (TPSA) is 49.3 Å². The van der Waals surface area contributed by atoms with Gasteiger partial charge in [-0.3, -0.25) is 9.88 Å². The van der Waals surface area contributed by atoms with Crippen LogP contribution in [0.1, 0.15) is 22.3 Å². The highest BCUT2D eigenvalue weighted by atomic mass is 31.0. The van der Waals surface area contributed by atoms with E-state index in [0.29, 0.717) is 6.42 Å². The maximum absolute atomic E-state index is 10.9. The van der Waals surface area contributed by atoms with E-state index in [-0.39, 0.29) is 0 Å². The lowest BCUT2D eigenvalue weighted by Gasteiger charge is -2.16. The molecular weight excluding hydrogens is 221 g/mol. The summed E-state index contributed by atoms with van der Waals surface area (Å²) in [6.45, 7) is 6.10. The molecule has 16 heavy (non-hydrogen) atoms. The molecule has 0 saturated carbocycles. The summed E-state index contributed by atoms with van der Waals surface area (Å²) >= 11 is 0. The molecule has 0 amide bonds. The fourth-order valence-electron chi connectivity index (χ4n) is 1.95. The third-order valence-electron chi connectivity index (χ3n) is 2.75. The van der Waals surface area contributed by atoms with E-state index >= 15 is 0 Å². The number of rotatable bonds is 4. The van der Waals surface area contributed by atoms with E-state index in [4.69, 9.17) is 5.11 Å². The Balaban J connectivity index is 3.01. The van der Waals surface area contributed by atoms with Crippen LogP contribution in [0.3, 0.4) is 0 Å². The smallest absolute Gasteiger partial charge is 0.321 e. The van der Waals surface area contributed by atoms with Gasteiger partial charge in [0.05, 0.1) is 0 Å². The number of hydrogen-bond donors (Lipinski definition) is 2. The average Bonchev–Trinajstić information content (AvgIpc) is 2.15. The van der Waals surface area contributed by atoms with Crippen molar-refractivity contribution in [3.05, 3.63) is 34.4 Å². The van der Waals surface area contributed by atoms with Crippen LogP contribution in [0, 0.1) is 20.8 Å². The van der Waals surface area contributed by atoms with E-state index in [0.717, 1.165) is 16.7 Å². The zero-order valence-electron chi connectivity index (χ0n) is 9.87. The number of carboxylic acids is 1. The standard InChI is InChI=1S/C12H18NO2P/c1-7-4-8(2)10(9(3)5-7)6-11(13-16)12(14)15/h4-5,11,13H,6,16H2,1-3H3,(H,14,15)/t11-/m0/s1. The Hall–Kier alpha value is -0.920. The first kappa shape index (κ1) is 13.1. The van der Waals surface area contributed by atoms with E-state index in [2.05, 4.69) is 26.6 Å². The van der Waals surface area contributed by atoms with Crippen LogP contribution in [0.5, 0.6) is 0 Å². The number of nitrogens with one attached hydrogen (secondary N) is 1. The number of aryl methyl sites for hydroxylation is 3. The van der Waals surface area contributed by atoms with E-state index in [1.165, 1.54) is 5.56 Å². The Morgan fingerprint density at radius 3 is 2.25 bits per heavy atom. The highest BCUT2D eigenvalue weighted by molar-refractivity contribution is 7.13. The van der Waals surface area contributed by atoms with Gasteiger partial charge in [-0.15, -0.1) is 0 Å². The van der Waals surface area contributed by atoms with Gasteiger partial charge in [0.1, 0.15) is 6.04 Å². The van der Waals surface area contributed by atoms with Crippen molar-refractivity contribution in [3.63, 3.8) is 0 Å². The van der Waals surface area contributed by atoms with Gasteiger partial charge in [0.15, 0.2) is 0 Å². The molecule has 88 valence electrons. The Labute approximate surface area is 98.5 Å². The van der Waals surface area contributed by atoms with E-state index in [1.54, 1.807) is 0 Å². The van der Waals surface area contributed by atoms with Crippen molar-refractivity contribution < 1.29 is 9.90 Å². The molecule has 2 atom stereocenters. The quantitative estimate of drug-likeness (QED) is 0.790. The van der Waals surface area contributed by atoms with Gasteiger partial charge < -0.3 is 5.11 Å². The monoisotopic (exact) mass is 239 g/mol. The van der Waals surface area contributed by atoms with Crippen LogP contribution < -0.4 is 5.09 Å². The maximum Gasteiger partial charge on any atom is 0.321 e. The normalized spacial score (nSPS) is 12.5. The van der Waals surface area contributed by atoms with Gasteiger partial charge in [0, 0.05) is 0 Å². The SMILES string of the molecule is Cc1cc(C)c(C[C@H](NP)C(=O)O)c(C)c1. The summed E-state index contributed by atoms with van der Waals surface area (Å²) in [4.78, 5) is 10.9. The molecule has 0 spiro atoms. The summed E-state index contributed by atoms with van der Waals surface area (Å²) in [5.41, 5.74) is 4.64. The predicted octanol–water partition coefficient (Wildman–Crippen LogP) is 1.99. The van der Waals surface area contributed by atoms with Crippen molar-refractivity contribution >= 4 is 15.4 Å². The van der Waals surface area contributed by atoms with Crippen molar-refractivity contribution in [2.75, 3.05) is 0 Å². The largest absolute Gasteiger partial charge is 0.480 e. The molecule has 3 nitrogen and oxygen atoms in total.